The van der Waals surface area contributed by atoms with Crippen molar-refractivity contribution in [3.05, 3.63) is 29.8 Å². The highest BCUT2D eigenvalue weighted by atomic mass is 16.3. The Morgan fingerprint density at radius 1 is 1.23 bits per heavy atom. The van der Waals surface area contributed by atoms with Crippen LogP contribution in [-0.2, 0) is 4.79 Å². The van der Waals surface area contributed by atoms with Crippen LogP contribution in [0.1, 0.15) is 30.1 Å². The molecule has 0 aliphatic heterocycles. The van der Waals surface area contributed by atoms with Crippen molar-refractivity contribution in [3.8, 4) is 0 Å². The topological polar surface area (TPSA) is 60.9 Å². The van der Waals surface area contributed by atoms with Crippen LogP contribution in [0.5, 0.6) is 0 Å². The predicted octanol–water partition coefficient (Wildman–Crippen LogP) is 1.84. The highest BCUT2D eigenvalue weighted by Crippen LogP contribution is 2.17. The van der Waals surface area contributed by atoms with Gasteiger partial charge in [-0.1, -0.05) is 25.5 Å². The number of aliphatic hydroxyl groups is 1. The van der Waals surface area contributed by atoms with E-state index >= 15 is 0 Å². The fraction of sp³-hybridized carbons (Fsp3) is 0.529. The number of aldehydes is 1. The Balaban J connectivity index is 0.000000433. The number of carbonyl (C=O) groups is 2. The summed E-state index contributed by atoms with van der Waals surface area (Å²) in [6, 6.07) is 7.34. The number of para-hydroxylation sites is 1. The molecule has 0 aromatic heterocycles. The minimum Gasteiger partial charge on any atom is -0.388 e. The summed E-state index contributed by atoms with van der Waals surface area (Å²) >= 11 is 0. The third kappa shape index (κ3) is 6.83. The maximum Gasteiger partial charge on any atom is 0.190 e. The van der Waals surface area contributed by atoms with Gasteiger partial charge >= 0.3 is 0 Å². The first-order valence-electron chi connectivity index (χ1n) is 7.41. The molecular weight excluding hydrogens is 280 g/mol. The molecule has 22 heavy (non-hydrogen) atoms. The number of benzene rings is 1. The summed E-state index contributed by atoms with van der Waals surface area (Å²) in [6.45, 7) is 1.64. The zero-order valence-corrected chi connectivity index (χ0v) is 14.2. The summed E-state index contributed by atoms with van der Waals surface area (Å²) in [4.78, 5) is 25.3. The fourth-order valence-electron chi connectivity index (χ4n) is 1.93. The number of rotatable bonds is 7. The molecule has 1 aromatic rings. The van der Waals surface area contributed by atoms with Crippen LogP contribution in [0.25, 0.3) is 0 Å². The number of hydrogen-bond donors (Lipinski definition) is 1. The third-order valence-corrected chi connectivity index (χ3v) is 3.23. The van der Waals surface area contributed by atoms with Crippen LogP contribution in [0.2, 0.25) is 0 Å². The van der Waals surface area contributed by atoms with Crippen LogP contribution in [0, 0.1) is 0 Å². The molecule has 1 unspecified atom stereocenters. The van der Waals surface area contributed by atoms with E-state index in [1.54, 1.807) is 12.1 Å². The van der Waals surface area contributed by atoms with E-state index in [2.05, 4.69) is 6.92 Å². The summed E-state index contributed by atoms with van der Waals surface area (Å²) in [5.41, 5.74) is 1.40. The SMILES string of the molecule is CCCC(C=O)N(C)C.CN(C)c1ccccc1C(=O)CO. The second kappa shape index (κ2) is 10.9. The van der Waals surface area contributed by atoms with Crippen LogP contribution in [0.4, 0.5) is 5.69 Å². The van der Waals surface area contributed by atoms with Gasteiger partial charge in [0.15, 0.2) is 5.78 Å². The first-order chi connectivity index (χ1) is 10.4. The van der Waals surface area contributed by atoms with Crippen molar-refractivity contribution in [2.45, 2.75) is 25.8 Å². The van der Waals surface area contributed by atoms with Crippen molar-refractivity contribution < 1.29 is 14.7 Å². The number of aliphatic hydroxyl groups excluding tert-OH is 1. The number of hydrogen-bond acceptors (Lipinski definition) is 5. The molecule has 5 nitrogen and oxygen atoms in total. The van der Waals surface area contributed by atoms with Crippen LogP contribution in [0.3, 0.4) is 0 Å². The molecule has 1 N–H and O–H groups in total. The minimum absolute atomic E-state index is 0.120. The van der Waals surface area contributed by atoms with E-state index < -0.39 is 6.61 Å². The highest BCUT2D eigenvalue weighted by Gasteiger charge is 2.10. The lowest BCUT2D eigenvalue weighted by molar-refractivity contribution is -0.111. The zero-order valence-electron chi connectivity index (χ0n) is 14.2. The zero-order chi connectivity index (χ0) is 17.1. The summed E-state index contributed by atoms with van der Waals surface area (Å²) in [5.74, 6) is -0.246. The van der Waals surface area contributed by atoms with Crippen molar-refractivity contribution >= 4 is 17.8 Å². The van der Waals surface area contributed by atoms with Gasteiger partial charge in [-0.25, -0.2) is 0 Å². The summed E-state index contributed by atoms with van der Waals surface area (Å²) in [6.07, 6.45) is 3.04. The van der Waals surface area contributed by atoms with Crippen molar-refractivity contribution in [3.63, 3.8) is 0 Å². The summed E-state index contributed by atoms with van der Waals surface area (Å²) in [5, 5.41) is 8.73. The summed E-state index contributed by atoms with van der Waals surface area (Å²) in [7, 11) is 7.58. The number of carbonyl (C=O) groups excluding carboxylic acids is 2. The van der Waals surface area contributed by atoms with Crippen molar-refractivity contribution in [1.29, 1.82) is 0 Å². The first kappa shape index (κ1) is 20.3. The standard InChI is InChI=1S/C10H13NO2.C7H15NO/c1-11(2)9-6-4-3-5-8(9)10(13)7-12;1-4-5-7(6-9)8(2)3/h3-6,12H,7H2,1-2H3;6-7H,4-5H2,1-3H3. The van der Waals surface area contributed by atoms with Crippen LogP contribution in [0.15, 0.2) is 24.3 Å². The minimum atomic E-state index is -0.440. The Morgan fingerprint density at radius 3 is 2.18 bits per heavy atom. The normalized spacial score (nSPS) is 11.4. The Labute approximate surface area is 133 Å². The molecule has 0 heterocycles. The molecule has 1 aromatic carbocycles. The first-order valence-corrected chi connectivity index (χ1v) is 7.41. The van der Waals surface area contributed by atoms with Crippen LogP contribution >= 0.6 is 0 Å². The number of ketones is 1. The molecule has 1 atom stereocenters. The van der Waals surface area contributed by atoms with Gasteiger partial charge in [-0.05, 0) is 32.6 Å². The van der Waals surface area contributed by atoms with E-state index in [9.17, 15) is 9.59 Å². The maximum atomic E-state index is 11.3. The number of likely N-dealkylation sites (N-methyl/N-ethyl adjacent to an activating group) is 1. The Bertz CT molecular complexity index is 459. The smallest absolute Gasteiger partial charge is 0.190 e. The van der Waals surface area contributed by atoms with Gasteiger partial charge in [-0.2, -0.15) is 0 Å². The molecule has 0 saturated heterocycles. The van der Waals surface area contributed by atoms with E-state index in [4.69, 9.17) is 5.11 Å². The van der Waals surface area contributed by atoms with Crippen molar-refractivity contribution in [2.75, 3.05) is 39.7 Å². The van der Waals surface area contributed by atoms with Gasteiger partial charge < -0.3 is 19.7 Å². The quantitative estimate of drug-likeness (QED) is 0.615. The average molecular weight is 308 g/mol. The van der Waals surface area contributed by atoms with E-state index in [-0.39, 0.29) is 11.8 Å². The maximum absolute atomic E-state index is 11.3. The molecule has 0 fully saturated rings. The molecule has 0 bridgehead atoms. The number of nitrogens with zero attached hydrogens (tertiary/aromatic N) is 2. The third-order valence-electron chi connectivity index (χ3n) is 3.23. The Morgan fingerprint density at radius 2 is 1.82 bits per heavy atom. The molecule has 0 spiro atoms. The molecular formula is C17H28N2O3. The molecule has 5 heteroatoms. The van der Waals surface area contributed by atoms with Gasteiger partial charge in [0, 0.05) is 25.3 Å². The Hall–Kier alpha value is -1.72. The van der Waals surface area contributed by atoms with Gasteiger partial charge in [0.2, 0.25) is 0 Å². The van der Waals surface area contributed by atoms with Gasteiger partial charge in [0.25, 0.3) is 0 Å². The van der Waals surface area contributed by atoms with Crippen molar-refractivity contribution in [2.24, 2.45) is 0 Å². The van der Waals surface area contributed by atoms with Gasteiger partial charge in [-0.3, -0.25) is 4.79 Å². The fourth-order valence-corrected chi connectivity index (χ4v) is 1.93. The number of anilines is 1. The lowest BCUT2D eigenvalue weighted by Gasteiger charge is -2.16. The highest BCUT2D eigenvalue weighted by molar-refractivity contribution is 6.02. The average Bonchev–Trinajstić information content (AvgIpc) is 2.52. The van der Waals surface area contributed by atoms with Crippen LogP contribution in [-0.4, -0.2) is 62.9 Å². The molecule has 0 radical (unpaired) electrons. The number of Topliss-reactive ketones (excluding diaryl/α,β-unsaturated/α-hetero) is 1. The van der Waals surface area contributed by atoms with E-state index in [0.717, 1.165) is 24.8 Å². The monoisotopic (exact) mass is 308 g/mol. The lowest BCUT2D eigenvalue weighted by atomic mass is 10.1. The molecule has 124 valence electrons. The summed E-state index contributed by atoms with van der Waals surface area (Å²) < 4.78 is 0. The van der Waals surface area contributed by atoms with Crippen molar-refractivity contribution in [1.82, 2.24) is 4.90 Å². The van der Waals surface area contributed by atoms with Crippen LogP contribution < -0.4 is 4.90 Å². The predicted molar refractivity (Wildman–Crippen MR) is 90.6 cm³/mol. The Kier molecular flexibility index (Phi) is 10.1. The lowest BCUT2D eigenvalue weighted by Crippen LogP contribution is -2.28. The van der Waals surface area contributed by atoms with Gasteiger partial charge in [0.05, 0.1) is 6.04 Å². The molecule has 0 aliphatic carbocycles. The van der Waals surface area contributed by atoms with Gasteiger partial charge in [0.1, 0.15) is 12.9 Å². The largest absolute Gasteiger partial charge is 0.388 e. The van der Waals surface area contributed by atoms with E-state index in [1.807, 2.05) is 50.1 Å². The molecule has 0 aliphatic rings. The van der Waals surface area contributed by atoms with E-state index in [1.165, 1.54) is 0 Å². The second-order valence-corrected chi connectivity index (χ2v) is 5.45. The second-order valence-electron chi connectivity index (χ2n) is 5.45. The molecule has 0 saturated carbocycles. The molecule has 0 amide bonds. The van der Waals surface area contributed by atoms with Gasteiger partial charge in [-0.15, -0.1) is 0 Å². The molecule has 1 rings (SSSR count). The van der Waals surface area contributed by atoms with E-state index in [0.29, 0.717) is 5.56 Å².